The smallest absolute Gasteiger partial charge is 0.320 e. The van der Waals surface area contributed by atoms with Crippen molar-refractivity contribution in [2.45, 2.75) is 18.9 Å². The number of rotatable bonds is 5. The van der Waals surface area contributed by atoms with E-state index in [1.54, 1.807) is 0 Å². The number of benzene rings is 2. The van der Waals surface area contributed by atoms with Crippen LogP contribution in [0.25, 0.3) is 10.8 Å². The fraction of sp³-hybridized carbons (Fsp3) is 0.200. The number of aliphatic carboxylic acids is 1. The highest BCUT2D eigenvalue weighted by atomic mass is 16.4. The van der Waals surface area contributed by atoms with E-state index in [0.717, 1.165) is 10.8 Å². The molecule has 0 fully saturated rings. The summed E-state index contributed by atoms with van der Waals surface area (Å²) in [4.78, 5) is 22.3. The van der Waals surface area contributed by atoms with Crippen molar-refractivity contribution in [3.63, 3.8) is 0 Å². The molecule has 1 amide bonds. The van der Waals surface area contributed by atoms with Gasteiger partial charge in [-0.2, -0.15) is 0 Å². The molecule has 104 valence electrons. The van der Waals surface area contributed by atoms with Gasteiger partial charge in [0.1, 0.15) is 6.04 Å². The summed E-state index contributed by atoms with van der Waals surface area (Å²) in [5, 5.41) is 13.5. The summed E-state index contributed by atoms with van der Waals surface area (Å²) in [7, 11) is 0. The SMILES string of the molecule is N[C@@H](CCC(=O)Nc1ccc2ccccc2c1)C(=O)O. The van der Waals surface area contributed by atoms with Gasteiger partial charge < -0.3 is 16.2 Å². The molecule has 0 aliphatic rings. The van der Waals surface area contributed by atoms with Crippen LogP contribution in [-0.4, -0.2) is 23.0 Å². The van der Waals surface area contributed by atoms with Gasteiger partial charge in [0, 0.05) is 12.1 Å². The lowest BCUT2D eigenvalue weighted by Gasteiger charge is -2.08. The number of carbonyl (C=O) groups is 2. The van der Waals surface area contributed by atoms with Gasteiger partial charge in [0.2, 0.25) is 5.91 Å². The topological polar surface area (TPSA) is 92.4 Å². The predicted octanol–water partition coefficient (Wildman–Crippen LogP) is 1.97. The maximum Gasteiger partial charge on any atom is 0.320 e. The Morgan fingerprint density at radius 1 is 1.15 bits per heavy atom. The van der Waals surface area contributed by atoms with Gasteiger partial charge in [-0.1, -0.05) is 30.3 Å². The Morgan fingerprint density at radius 3 is 2.55 bits per heavy atom. The van der Waals surface area contributed by atoms with Crippen LogP contribution in [0.2, 0.25) is 0 Å². The molecule has 0 unspecified atom stereocenters. The first-order chi connectivity index (χ1) is 9.56. The number of hydrogen-bond donors (Lipinski definition) is 3. The van der Waals surface area contributed by atoms with Crippen molar-refractivity contribution in [2.75, 3.05) is 5.32 Å². The van der Waals surface area contributed by atoms with Crippen LogP contribution in [0.1, 0.15) is 12.8 Å². The highest BCUT2D eigenvalue weighted by Gasteiger charge is 2.13. The highest BCUT2D eigenvalue weighted by Crippen LogP contribution is 2.19. The third kappa shape index (κ3) is 3.55. The Hall–Kier alpha value is -2.40. The Labute approximate surface area is 116 Å². The quantitative estimate of drug-likeness (QED) is 0.775. The van der Waals surface area contributed by atoms with Crippen LogP contribution >= 0.6 is 0 Å². The van der Waals surface area contributed by atoms with Crippen molar-refractivity contribution in [2.24, 2.45) is 5.73 Å². The van der Waals surface area contributed by atoms with E-state index < -0.39 is 12.0 Å². The molecule has 4 N–H and O–H groups in total. The normalized spacial score (nSPS) is 12.1. The van der Waals surface area contributed by atoms with Crippen molar-refractivity contribution in [1.82, 2.24) is 0 Å². The van der Waals surface area contributed by atoms with Crippen molar-refractivity contribution in [1.29, 1.82) is 0 Å². The summed E-state index contributed by atoms with van der Waals surface area (Å²) in [6, 6.07) is 12.5. The molecule has 0 saturated heterocycles. The molecule has 20 heavy (non-hydrogen) atoms. The standard InChI is InChI=1S/C15H16N2O3/c16-13(15(19)20)7-8-14(18)17-12-6-5-10-3-1-2-4-11(10)9-12/h1-6,9,13H,7-8,16H2,(H,17,18)(H,19,20)/t13-/m0/s1. The molecule has 0 bridgehead atoms. The molecule has 2 aromatic rings. The second-order valence-corrected chi connectivity index (χ2v) is 4.59. The van der Waals surface area contributed by atoms with E-state index in [1.165, 1.54) is 0 Å². The Bertz CT molecular complexity index is 640. The third-order valence-corrected chi connectivity index (χ3v) is 3.03. The molecule has 0 aromatic heterocycles. The molecule has 0 heterocycles. The van der Waals surface area contributed by atoms with Crippen LogP contribution in [0.4, 0.5) is 5.69 Å². The number of carbonyl (C=O) groups excluding carboxylic acids is 1. The summed E-state index contributed by atoms with van der Waals surface area (Å²) in [5.74, 6) is -1.33. The molecule has 0 saturated carbocycles. The Kier molecular flexibility index (Phi) is 4.32. The van der Waals surface area contributed by atoms with E-state index in [4.69, 9.17) is 10.8 Å². The van der Waals surface area contributed by atoms with Gasteiger partial charge in [0.05, 0.1) is 0 Å². The molecule has 5 heteroatoms. The maximum atomic E-state index is 11.7. The number of anilines is 1. The first-order valence-corrected chi connectivity index (χ1v) is 6.33. The minimum atomic E-state index is -1.09. The van der Waals surface area contributed by atoms with E-state index in [-0.39, 0.29) is 18.7 Å². The Morgan fingerprint density at radius 2 is 1.85 bits per heavy atom. The summed E-state index contributed by atoms with van der Waals surface area (Å²) in [5.41, 5.74) is 6.05. The molecule has 2 aromatic carbocycles. The number of nitrogens with one attached hydrogen (secondary N) is 1. The molecule has 0 radical (unpaired) electrons. The van der Waals surface area contributed by atoms with E-state index >= 15 is 0 Å². The summed E-state index contributed by atoms with van der Waals surface area (Å²) < 4.78 is 0. The van der Waals surface area contributed by atoms with E-state index in [9.17, 15) is 9.59 Å². The van der Waals surface area contributed by atoms with Crippen molar-refractivity contribution in [3.8, 4) is 0 Å². The van der Waals surface area contributed by atoms with E-state index in [1.807, 2.05) is 42.5 Å². The monoisotopic (exact) mass is 272 g/mol. The van der Waals surface area contributed by atoms with Crippen LogP contribution in [0.5, 0.6) is 0 Å². The van der Waals surface area contributed by atoms with E-state index in [0.29, 0.717) is 5.69 Å². The number of hydrogen-bond acceptors (Lipinski definition) is 3. The lowest BCUT2D eigenvalue weighted by atomic mass is 10.1. The van der Waals surface area contributed by atoms with Crippen LogP contribution in [0, 0.1) is 0 Å². The van der Waals surface area contributed by atoms with Gasteiger partial charge >= 0.3 is 5.97 Å². The highest BCUT2D eigenvalue weighted by molar-refractivity contribution is 5.94. The summed E-state index contributed by atoms with van der Waals surface area (Å²) >= 11 is 0. The lowest BCUT2D eigenvalue weighted by molar-refractivity contribution is -0.138. The molecular formula is C15H16N2O3. The van der Waals surface area contributed by atoms with Gasteiger partial charge in [-0.15, -0.1) is 0 Å². The first-order valence-electron chi connectivity index (χ1n) is 6.33. The van der Waals surface area contributed by atoms with Gasteiger partial charge in [-0.3, -0.25) is 9.59 Å². The van der Waals surface area contributed by atoms with Gasteiger partial charge in [-0.05, 0) is 29.3 Å². The molecule has 5 nitrogen and oxygen atoms in total. The zero-order valence-electron chi connectivity index (χ0n) is 10.9. The number of carboxylic acids is 1. The molecule has 0 aliphatic heterocycles. The van der Waals surface area contributed by atoms with Crippen molar-refractivity contribution < 1.29 is 14.7 Å². The minimum absolute atomic E-state index is 0.0836. The fourth-order valence-electron chi connectivity index (χ4n) is 1.90. The third-order valence-electron chi connectivity index (χ3n) is 3.03. The second kappa shape index (κ2) is 6.16. The maximum absolute atomic E-state index is 11.7. The van der Waals surface area contributed by atoms with Gasteiger partial charge in [0.25, 0.3) is 0 Å². The van der Waals surface area contributed by atoms with E-state index in [2.05, 4.69) is 5.32 Å². The largest absolute Gasteiger partial charge is 0.480 e. The lowest BCUT2D eigenvalue weighted by Crippen LogP contribution is -2.31. The zero-order valence-corrected chi connectivity index (χ0v) is 10.9. The van der Waals surface area contributed by atoms with Gasteiger partial charge in [0.15, 0.2) is 0 Å². The second-order valence-electron chi connectivity index (χ2n) is 4.59. The van der Waals surface area contributed by atoms with Gasteiger partial charge in [-0.25, -0.2) is 0 Å². The number of nitrogens with two attached hydrogens (primary N) is 1. The number of amides is 1. The fourth-order valence-corrected chi connectivity index (χ4v) is 1.90. The average molecular weight is 272 g/mol. The molecule has 1 atom stereocenters. The molecule has 2 rings (SSSR count). The summed E-state index contributed by atoms with van der Waals surface area (Å²) in [6.45, 7) is 0. The summed E-state index contributed by atoms with van der Waals surface area (Å²) in [6.07, 6.45) is 0.203. The van der Waals surface area contributed by atoms with Crippen LogP contribution in [0.3, 0.4) is 0 Å². The first kappa shape index (κ1) is 14.0. The molecule has 0 spiro atoms. The van der Waals surface area contributed by atoms with Crippen molar-refractivity contribution >= 4 is 28.3 Å². The number of fused-ring (bicyclic) bond motifs is 1. The molecular weight excluding hydrogens is 256 g/mol. The van der Waals surface area contributed by atoms with Crippen LogP contribution < -0.4 is 11.1 Å². The predicted molar refractivity (Wildman–Crippen MR) is 77.4 cm³/mol. The van der Waals surface area contributed by atoms with Crippen LogP contribution in [-0.2, 0) is 9.59 Å². The zero-order chi connectivity index (χ0) is 14.5. The Balaban J connectivity index is 1.97. The van der Waals surface area contributed by atoms with Crippen LogP contribution in [0.15, 0.2) is 42.5 Å². The van der Waals surface area contributed by atoms with Crippen molar-refractivity contribution in [3.05, 3.63) is 42.5 Å². The average Bonchev–Trinajstić information content (AvgIpc) is 2.44. The minimum Gasteiger partial charge on any atom is -0.480 e. The molecule has 0 aliphatic carbocycles. The number of carboxylic acid groups (broad SMARTS) is 1.